The lowest BCUT2D eigenvalue weighted by Crippen LogP contribution is -2.44. The molecule has 2 aromatic rings. The number of esters is 1. The summed E-state index contributed by atoms with van der Waals surface area (Å²) in [4.78, 5) is 25.0. The first-order chi connectivity index (χ1) is 13.5. The lowest BCUT2D eigenvalue weighted by atomic mass is 9.78. The van der Waals surface area contributed by atoms with Gasteiger partial charge < -0.3 is 10.1 Å². The van der Waals surface area contributed by atoms with E-state index in [-0.39, 0.29) is 5.82 Å². The molecule has 0 spiro atoms. The van der Waals surface area contributed by atoms with Gasteiger partial charge in [0.2, 0.25) is 5.91 Å². The number of carbonyl (C=O) groups excluding carboxylic acids is 2. The molecule has 2 atom stereocenters. The third-order valence-electron chi connectivity index (χ3n) is 4.44. The van der Waals surface area contributed by atoms with E-state index in [4.69, 9.17) is 4.74 Å². The zero-order chi connectivity index (χ0) is 20.1. The number of hydrogen-bond acceptors (Lipinski definition) is 5. The maximum Gasteiger partial charge on any atom is 0.319 e. The van der Waals surface area contributed by atoms with Crippen LogP contribution in [0, 0.1) is 23.1 Å². The van der Waals surface area contributed by atoms with Gasteiger partial charge in [0.15, 0.2) is 0 Å². The smallest absolute Gasteiger partial charge is 0.319 e. The molecule has 1 aliphatic heterocycles. The number of carbonyl (C=O) groups is 2. The van der Waals surface area contributed by atoms with Crippen molar-refractivity contribution >= 4 is 23.6 Å². The highest BCUT2D eigenvalue weighted by Crippen LogP contribution is 2.40. The number of nitriles is 1. The summed E-state index contributed by atoms with van der Waals surface area (Å²) in [7, 11) is 1.21. The molecule has 142 valence electrons. The van der Waals surface area contributed by atoms with Gasteiger partial charge in [0.05, 0.1) is 23.8 Å². The molecule has 0 radical (unpaired) electrons. The van der Waals surface area contributed by atoms with Crippen molar-refractivity contribution in [2.45, 2.75) is 11.7 Å². The second-order valence-corrected chi connectivity index (χ2v) is 7.13. The molecule has 3 rings (SSSR count). The number of methoxy groups -OCH3 is 1. The van der Waals surface area contributed by atoms with Crippen LogP contribution in [0.25, 0.3) is 0 Å². The van der Waals surface area contributed by atoms with E-state index >= 15 is 0 Å². The number of thioether (sulfide) groups is 1. The van der Waals surface area contributed by atoms with E-state index in [0.717, 1.165) is 5.56 Å². The van der Waals surface area contributed by atoms with Gasteiger partial charge in [-0.1, -0.05) is 42.5 Å². The minimum absolute atomic E-state index is 0.299. The Balaban J connectivity index is 1.98. The number of hydrogen-bond donors (Lipinski definition) is 1. The van der Waals surface area contributed by atoms with Crippen molar-refractivity contribution in [3.8, 4) is 6.07 Å². The van der Waals surface area contributed by atoms with Gasteiger partial charge in [-0.15, -0.1) is 11.8 Å². The molecule has 0 fully saturated rings. The number of benzene rings is 2. The van der Waals surface area contributed by atoms with Gasteiger partial charge in [0.25, 0.3) is 0 Å². The van der Waals surface area contributed by atoms with E-state index in [1.54, 1.807) is 36.4 Å². The molecule has 0 bridgehead atoms. The molecule has 0 unspecified atom stereocenters. The topological polar surface area (TPSA) is 79.2 Å². The highest BCUT2D eigenvalue weighted by molar-refractivity contribution is 8.02. The molecule has 0 saturated carbocycles. The van der Waals surface area contributed by atoms with Crippen LogP contribution in [0.1, 0.15) is 17.0 Å². The number of amides is 1. The Bertz CT molecular complexity index is 952. The molecule has 1 N–H and O–H groups in total. The Morgan fingerprint density at radius 1 is 1.21 bits per heavy atom. The highest BCUT2D eigenvalue weighted by Gasteiger charge is 2.44. The van der Waals surface area contributed by atoms with E-state index < -0.39 is 23.7 Å². The van der Waals surface area contributed by atoms with Gasteiger partial charge in [-0.3, -0.25) is 9.59 Å². The largest absolute Gasteiger partial charge is 0.468 e. The van der Waals surface area contributed by atoms with Crippen LogP contribution >= 0.6 is 11.8 Å². The molecule has 0 saturated heterocycles. The highest BCUT2D eigenvalue weighted by atomic mass is 32.2. The first-order valence-electron chi connectivity index (χ1n) is 8.50. The van der Waals surface area contributed by atoms with Gasteiger partial charge in [-0.2, -0.15) is 5.26 Å². The molecule has 1 aliphatic rings. The van der Waals surface area contributed by atoms with Crippen molar-refractivity contribution in [1.82, 2.24) is 5.32 Å². The van der Waals surface area contributed by atoms with E-state index in [1.165, 1.54) is 31.0 Å². The van der Waals surface area contributed by atoms with Crippen molar-refractivity contribution in [3.05, 3.63) is 82.1 Å². The Labute approximate surface area is 166 Å². The maximum atomic E-state index is 13.1. The average Bonchev–Trinajstić information content (AvgIpc) is 2.72. The Morgan fingerprint density at radius 3 is 2.50 bits per heavy atom. The van der Waals surface area contributed by atoms with Gasteiger partial charge >= 0.3 is 5.97 Å². The second kappa shape index (κ2) is 8.72. The summed E-state index contributed by atoms with van der Waals surface area (Å²) in [5, 5.41) is 12.9. The van der Waals surface area contributed by atoms with Crippen LogP contribution in [-0.2, 0) is 20.1 Å². The fraction of sp³-hybridized carbons (Fsp3) is 0.190. The molecule has 0 aliphatic carbocycles. The number of allylic oxidation sites excluding steroid dienone is 1. The van der Waals surface area contributed by atoms with Crippen LogP contribution in [0.5, 0.6) is 0 Å². The summed E-state index contributed by atoms with van der Waals surface area (Å²) in [6, 6.07) is 17.1. The zero-order valence-corrected chi connectivity index (χ0v) is 15.8. The van der Waals surface area contributed by atoms with Gasteiger partial charge in [0.1, 0.15) is 11.7 Å². The van der Waals surface area contributed by atoms with Crippen LogP contribution in [-0.4, -0.2) is 19.0 Å². The van der Waals surface area contributed by atoms with Crippen molar-refractivity contribution in [2.24, 2.45) is 5.92 Å². The molecule has 0 aromatic heterocycles. The van der Waals surface area contributed by atoms with E-state index in [1.807, 2.05) is 6.07 Å². The molecular formula is C21H17FN2O3S. The summed E-state index contributed by atoms with van der Waals surface area (Å²) in [5.41, 5.74) is 1.83. The monoisotopic (exact) mass is 396 g/mol. The summed E-state index contributed by atoms with van der Waals surface area (Å²) in [5.74, 6) is -2.98. The zero-order valence-electron chi connectivity index (χ0n) is 15.0. The number of rotatable bonds is 5. The second-order valence-electron chi connectivity index (χ2n) is 6.15. The van der Waals surface area contributed by atoms with Crippen LogP contribution in [0.15, 0.2) is 65.2 Å². The van der Waals surface area contributed by atoms with E-state index in [2.05, 4.69) is 11.4 Å². The number of nitrogens with one attached hydrogen (secondary N) is 1. The molecule has 7 heteroatoms. The lowest BCUT2D eigenvalue weighted by molar-refractivity contribution is -0.150. The van der Waals surface area contributed by atoms with Crippen LogP contribution < -0.4 is 5.32 Å². The van der Waals surface area contributed by atoms with Crippen molar-refractivity contribution in [3.63, 3.8) is 0 Å². The minimum atomic E-state index is -1.14. The number of nitrogens with zero attached hydrogens (tertiary/aromatic N) is 1. The third-order valence-corrected chi connectivity index (χ3v) is 5.53. The predicted molar refractivity (Wildman–Crippen MR) is 103 cm³/mol. The standard InChI is InChI=1S/C21H17FN2O3S/c1-27-21(26)18-17(14-5-3-2-4-6-14)16(11-23)20(24-19(18)25)28-12-13-7-9-15(22)10-8-13/h2-10,17-18H,12H2,1H3,(H,24,25)/t17-,18+/m0/s1. The number of halogens is 1. The summed E-state index contributed by atoms with van der Waals surface area (Å²) in [6.45, 7) is 0. The normalized spacial score (nSPS) is 19.0. The quantitative estimate of drug-likeness (QED) is 0.618. The Kier molecular flexibility index (Phi) is 6.12. The van der Waals surface area contributed by atoms with Crippen LogP contribution in [0.2, 0.25) is 0 Å². The summed E-state index contributed by atoms with van der Waals surface area (Å²) >= 11 is 1.26. The van der Waals surface area contributed by atoms with E-state index in [9.17, 15) is 19.2 Å². The van der Waals surface area contributed by atoms with Gasteiger partial charge in [0, 0.05) is 11.7 Å². The number of ether oxygens (including phenoxy) is 1. The molecule has 2 aromatic carbocycles. The SMILES string of the molecule is COC(=O)[C@H]1C(=O)NC(SCc2ccc(F)cc2)=C(C#N)[C@@H]1c1ccccc1. The fourth-order valence-electron chi connectivity index (χ4n) is 3.08. The average molecular weight is 396 g/mol. The van der Waals surface area contributed by atoms with Crippen molar-refractivity contribution in [2.75, 3.05) is 7.11 Å². The molecule has 28 heavy (non-hydrogen) atoms. The Hall–Kier alpha value is -3.11. The van der Waals surface area contributed by atoms with Crippen molar-refractivity contribution < 1.29 is 18.7 Å². The maximum absolute atomic E-state index is 13.1. The third kappa shape index (κ3) is 4.07. The minimum Gasteiger partial charge on any atom is -0.468 e. The van der Waals surface area contributed by atoms with Gasteiger partial charge in [-0.05, 0) is 23.3 Å². The molecular weight excluding hydrogens is 379 g/mol. The summed E-state index contributed by atoms with van der Waals surface area (Å²) in [6.07, 6.45) is 0. The van der Waals surface area contributed by atoms with Gasteiger partial charge in [-0.25, -0.2) is 4.39 Å². The lowest BCUT2D eigenvalue weighted by Gasteiger charge is -2.31. The fourth-order valence-corrected chi connectivity index (χ4v) is 4.08. The molecule has 5 nitrogen and oxygen atoms in total. The van der Waals surface area contributed by atoms with Crippen LogP contribution in [0.4, 0.5) is 4.39 Å². The predicted octanol–water partition coefficient (Wildman–Crippen LogP) is 3.50. The van der Waals surface area contributed by atoms with Crippen LogP contribution in [0.3, 0.4) is 0 Å². The van der Waals surface area contributed by atoms with E-state index in [0.29, 0.717) is 21.9 Å². The Morgan fingerprint density at radius 2 is 1.89 bits per heavy atom. The molecule has 1 amide bonds. The summed E-state index contributed by atoms with van der Waals surface area (Å²) < 4.78 is 17.9. The first kappa shape index (κ1) is 19.6. The van der Waals surface area contributed by atoms with Crippen molar-refractivity contribution in [1.29, 1.82) is 5.26 Å². The molecule has 1 heterocycles. The first-order valence-corrected chi connectivity index (χ1v) is 9.49.